The molecule has 29 heavy (non-hydrogen) atoms. The van der Waals surface area contributed by atoms with E-state index in [1.165, 1.54) is 38.1 Å². The summed E-state index contributed by atoms with van der Waals surface area (Å²) in [5.74, 6) is -1.15. The van der Waals surface area contributed by atoms with Gasteiger partial charge in [-0.1, -0.05) is 12.1 Å². The lowest BCUT2D eigenvalue weighted by atomic mass is 10.1. The molecule has 0 aromatic heterocycles. The van der Waals surface area contributed by atoms with Crippen molar-refractivity contribution in [3.63, 3.8) is 0 Å². The number of rotatable bonds is 8. The largest absolute Gasteiger partial charge is 0.454 e. The van der Waals surface area contributed by atoms with Crippen molar-refractivity contribution in [1.29, 1.82) is 0 Å². The quantitative estimate of drug-likeness (QED) is 0.502. The molecule has 0 saturated carbocycles. The summed E-state index contributed by atoms with van der Waals surface area (Å²) in [6, 6.07) is 12.6. The molecule has 2 rings (SSSR count). The molecule has 1 amide bonds. The van der Waals surface area contributed by atoms with Gasteiger partial charge in [-0.15, -0.1) is 0 Å². The molecule has 0 aliphatic rings. The summed E-state index contributed by atoms with van der Waals surface area (Å²) in [6.07, 6.45) is 0.0192. The van der Waals surface area contributed by atoms with Crippen molar-refractivity contribution >= 4 is 39.1 Å². The topological polar surface area (TPSA) is 119 Å². The number of anilines is 2. The molecule has 2 aromatic carbocycles. The Hall–Kier alpha value is -3.20. The zero-order chi connectivity index (χ0) is 21.6. The van der Waals surface area contributed by atoms with E-state index in [-0.39, 0.29) is 12.3 Å². The first-order chi connectivity index (χ1) is 13.5. The van der Waals surface area contributed by atoms with Crippen molar-refractivity contribution in [2.24, 2.45) is 0 Å². The van der Waals surface area contributed by atoms with Gasteiger partial charge in [0.15, 0.2) is 6.10 Å². The van der Waals surface area contributed by atoms with Gasteiger partial charge in [0.05, 0.1) is 12.7 Å². The molecule has 2 aromatic rings. The van der Waals surface area contributed by atoms with E-state index in [1.807, 2.05) is 0 Å². The van der Waals surface area contributed by atoms with Crippen molar-refractivity contribution < 1.29 is 27.5 Å². The Kier molecular flexibility index (Phi) is 7.11. The van der Waals surface area contributed by atoms with Crippen molar-refractivity contribution in [3.8, 4) is 0 Å². The average Bonchev–Trinajstić information content (AvgIpc) is 2.61. The van der Waals surface area contributed by atoms with Gasteiger partial charge in [-0.3, -0.25) is 19.1 Å². The maximum Gasteiger partial charge on any atom is 0.310 e. The number of ketones is 1. The number of carbonyl (C=O) groups is 3. The Balaban J connectivity index is 1.93. The average molecular weight is 418 g/mol. The molecule has 2 N–H and O–H groups in total. The second kappa shape index (κ2) is 9.33. The minimum absolute atomic E-state index is 0.0187. The number of Topliss-reactive ketones (excluding diaryl/α,β-unsaturated/α-hetero) is 1. The highest BCUT2D eigenvalue weighted by atomic mass is 32.2. The first kappa shape index (κ1) is 22.1. The number of carbonyl (C=O) groups excluding carboxylic acids is 3. The Labute approximate surface area is 169 Å². The van der Waals surface area contributed by atoms with Crippen LogP contribution in [0.15, 0.2) is 48.5 Å². The summed E-state index contributed by atoms with van der Waals surface area (Å²) in [5, 5.41) is 2.63. The van der Waals surface area contributed by atoms with Gasteiger partial charge in [0.1, 0.15) is 0 Å². The van der Waals surface area contributed by atoms with Gasteiger partial charge in [0.2, 0.25) is 21.7 Å². The summed E-state index contributed by atoms with van der Waals surface area (Å²) in [7, 11) is -3.41. The van der Waals surface area contributed by atoms with Crippen molar-refractivity contribution in [2.45, 2.75) is 26.4 Å². The van der Waals surface area contributed by atoms with Crippen LogP contribution in [0, 0.1) is 0 Å². The van der Waals surface area contributed by atoms with Crippen LogP contribution < -0.4 is 10.0 Å². The summed E-state index contributed by atoms with van der Waals surface area (Å²) in [5.41, 5.74) is 1.92. The van der Waals surface area contributed by atoms with Crippen molar-refractivity contribution in [3.05, 3.63) is 59.7 Å². The number of nitrogens with one attached hydrogen (secondary N) is 2. The molecule has 0 saturated heterocycles. The fourth-order valence-electron chi connectivity index (χ4n) is 2.52. The molecule has 0 heterocycles. The van der Waals surface area contributed by atoms with Gasteiger partial charge in [-0.05, 0) is 48.9 Å². The Bertz CT molecular complexity index is 998. The maximum atomic E-state index is 12.4. The van der Waals surface area contributed by atoms with E-state index in [4.69, 9.17) is 4.74 Å². The van der Waals surface area contributed by atoms with E-state index in [0.29, 0.717) is 22.5 Å². The summed E-state index contributed by atoms with van der Waals surface area (Å²) < 4.78 is 29.9. The lowest BCUT2D eigenvalue weighted by Gasteiger charge is -2.13. The van der Waals surface area contributed by atoms with Gasteiger partial charge in [-0.2, -0.15) is 0 Å². The Morgan fingerprint density at radius 3 is 2.03 bits per heavy atom. The zero-order valence-corrected chi connectivity index (χ0v) is 17.1. The van der Waals surface area contributed by atoms with Crippen molar-refractivity contribution in [2.75, 3.05) is 16.3 Å². The van der Waals surface area contributed by atoms with E-state index in [0.717, 1.165) is 6.26 Å². The molecule has 154 valence electrons. The molecule has 0 bridgehead atoms. The summed E-state index contributed by atoms with van der Waals surface area (Å²) in [4.78, 5) is 35.5. The third-order valence-corrected chi connectivity index (χ3v) is 4.38. The van der Waals surface area contributed by atoms with Crippen LogP contribution in [0.2, 0.25) is 0 Å². The Morgan fingerprint density at radius 2 is 1.52 bits per heavy atom. The highest BCUT2D eigenvalue weighted by Crippen LogP contribution is 2.15. The van der Waals surface area contributed by atoms with Gasteiger partial charge >= 0.3 is 5.97 Å². The number of amides is 1. The van der Waals surface area contributed by atoms with Gasteiger partial charge in [-0.25, -0.2) is 8.42 Å². The molecule has 0 radical (unpaired) electrons. The Morgan fingerprint density at radius 1 is 0.966 bits per heavy atom. The molecule has 1 atom stereocenters. The van der Waals surface area contributed by atoms with E-state index >= 15 is 0 Å². The van der Waals surface area contributed by atoms with Crippen LogP contribution in [0.4, 0.5) is 11.4 Å². The second-order valence-corrected chi connectivity index (χ2v) is 8.25. The highest BCUT2D eigenvalue weighted by molar-refractivity contribution is 7.92. The van der Waals surface area contributed by atoms with E-state index in [9.17, 15) is 22.8 Å². The van der Waals surface area contributed by atoms with Crippen LogP contribution in [0.25, 0.3) is 0 Å². The minimum Gasteiger partial charge on any atom is -0.454 e. The number of esters is 1. The molecule has 0 aliphatic carbocycles. The number of hydrogen-bond acceptors (Lipinski definition) is 6. The van der Waals surface area contributed by atoms with Crippen LogP contribution in [0.3, 0.4) is 0 Å². The standard InChI is InChI=1S/C20H22N2O6S/c1-13(20(25)16-6-10-18(11-7-16)22-29(3,26)27)28-19(24)12-15-4-8-17(9-5-15)21-14(2)23/h4-11,13,22H,12H2,1-3H3,(H,21,23)/t13-/m0/s1. The SMILES string of the molecule is CC(=O)Nc1ccc(CC(=O)O[C@@H](C)C(=O)c2ccc(NS(C)(=O)=O)cc2)cc1. The highest BCUT2D eigenvalue weighted by Gasteiger charge is 2.20. The first-order valence-electron chi connectivity index (χ1n) is 8.71. The predicted octanol–water partition coefficient (Wildman–Crippen LogP) is 2.37. The number of benzene rings is 2. The minimum atomic E-state index is -3.41. The molecule has 0 spiro atoms. The summed E-state index contributed by atoms with van der Waals surface area (Å²) in [6.45, 7) is 2.88. The zero-order valence-electron chi connectivity index (χ0n) is 16.3. The van der Waals surface area contributed by atoms with E-state index in [2.05, 4.69) is 10.0 Å². The van der Waals surface area contributed by atoms with Gasteiger partial charge < -0.3 is 10.1 Å². The van der Waals surface area contributed by atoms with Crippen molar-refractivity contribution in [1.82, 2.24) is 0 Å². The molecule has 0 aliphatic heterocycles. The second-order valence-electron chi connectivity index (χ2n) is 6.50. The first-order valence-corrected chi connectivity index (χ1v) is 10.6. The molecule has 0 unspecified atom stereocenters. The summed E-state index contributed by atoms with van der Waals surface area (Å²) >= 11 is 0. The number of ether oxygens (including phenoxy) is 1. The van der Waals surface area contributed by atoms with Crippen LogP contribution in [-0.2, 0) is 30.8 Å². The van der Waals surface area contributed by atoms with Crippen LogP contribution in [0.1, 0.15) is 29.8 Å². The number of sulfonamides is 1. The van der Waals surface area contributed by atoms with E-state index in [1.54, 1.807) is 24.3 Å². The molecular weight excluding hydrogens is 396 g/mol. The predicted molar refractivity (Wildman–Crippen MR) is 109 cm³/mol. The van der Waals surface area contributed by atoms with Gasteiger partial charge in [0, 0.05) is 23.9 Å². The monoisotopic (exact) mass is 418 g/mol. The number of hydrogen-bond donors (Lipinski definition) is 2. The lowest BCUT2D eigenvalue weighted by Crippen LogP contribution is -2.25. The van der Waals surface area contributed by atoms with Crippen LogP contribution >= 0.6 is 0 Å². The molecule has 8 nitrogen and oxygen atoms in total. The maximum absolute atomic E-state index is 12.4. The third-order valence-electron chi connectivity index (χ3n) is 3.77. The third kappa shape index (κ3) is 7.38. The molecule has 0 fully saturated rings. The lowest BCUT2D eigenvalue weighted by molar-refractivity contribution is -0.145. The molecule has 9 heteroatoms. The van der Waals surface area contributed by atoms with Crippen LogP contribution in [-0.4, -0.2) is 38.4 Å². The van der Waals surface area contributed by atoms with Crippen LogP contribution in [0.5, 0.6) is 0 Å². The van der Waals surface area contributed by atoms with E-state index < -0.39 is 27.9 Å². The fraction of sp³-hybridized carbons (Fsp3) is 0.250. The fourth-order valence-corrected chi connectivity index (χ4v) is 3.08. The smallest absolute Gasteiger partial charge is 0.310 e. The normalized spacial score (nSPS) is 12.0. The molecular formula is C20H22N2O6S. The van der Waals surface area contributed by atoms with Gasteiger partial charge in [0.25, 0.3) is 0 Å².